The molecule has 1 aliphatic heterocycles. The van der Waals surface area contributed by atoms with Crippen LogP contribution in [0.4, 0.5) is 0 Å². The van der Waals surface area contributed by atoms with E-state index < -0.39 is 0 Å². The molecule has 2 atom stereocenters. The van der Waals surface area contributed by atoms with Gasteiger partial charge in [0.25, 0.3) is 0 Å². The summed E-state index contributed by atoms with van der Waals surface area (Å²) in [4.78, 5) is 8.35. The van der Waals surface area contributed by atoms with Crippen LogP contribution in [0.5, 0.6) is 0 Å². The van der Waals surface area contributed by atoms with Gasteiger partial charge >= 0.3 is 0 Å². The molecule has 1 fully saturated rings. The van der Waals surface area contributed by atoms with Crippen molar-refractivity contribution in [2.75, 3.05) is 27.2 Å². The first-order valence-electron chi connectivity index (χ1n) is 8.96. The van der Waals surface area contributed by atoms with Crippen LogP contribution in [0.1, 0.15) is 29.3 Å². The summed E-state index contributed by atoms with van der Waals surface area (Å²) < 4.78 is 2.07. The molecule has 7 heteroatoms. The van der Waals surface area contributed by atoms with Crippen molar-refractivity contribution < 1.29 is 0 Å². The van der Waals surface area contributed by atoms with Gasteiger partial charge in [0.15, 0.2) is 5.96 Å². The molecule has 1 aliphatic rings. The number of halogens is 1. The zero-order valence-electron chi connectivity index (χ0n) is 15.8. The number of hydrogen-bond acceptors (Lipinski definition) is 3. The highest BCUT2D eigenvalue weighted by Crippen LogP contribution is 2.36. The molecule has 0 amide bonds. The first-order valence-corrected chi connectivity index (χ1v) is 9.84. The predicted molar refractivity (Wildman–Crippen MR) is 121 cm³/mol. The molecule has 2 N–H and O–H groups in total. The van der Waals surface area contributed by atoms with Gasteiger partial charge in [0.1, 0.15) is 0 Å². The number of aromatic nitrogens is 1. The highest BCUT2D eigenvalue weighted by Gasteiger charge is 2.31. The SMILES string of the molecule is CN=C(NCc1ccn(C)c1)NCC1CCCN(C)C1c1cccs1.I. The number of hydrogen-bond donors (Lipinski definition) is 2. The van der Waals surface area contributed by atoms with Gasteiger partial charge in [-0.15, -0.1) is 35.3 Å². The molecule has 0 bridgehead atoms. The van der Waals surface area contributed by atoms with Gasteiger partial charge in [-0.1, -0.05) is 6.07 Å². The average molecular weight is 487 g/mol. The van der Waals surface area contributed by atoms with E-state index in [1.165, 1.54) is 29.8 Å². The van der Waals surface area contributed by atoms with Crippen molar-refractivity contribution in [1.82, 2.24) is 20.1 Å². The minimum Gasteiger partial charge on any atom is -0.357 e. The fraction of sp³-hybridized carbons (Fsp3) is 0.526. The fourth-order valence-corrected chi connectivity index (χ4v) is 4.67. The summed E-state index contributed by atoms with van der Waals surface area (Å²) in [5.74, 6) is 1.48. The minimum atomic E-state index is 0. The molecule has 1 saturated heterocycles. The summed E-state index contributed by atoms with van der Waals surface area (Å²) in [6.07, 6.45) is 6.72. The van der Waals surface area contributed by atoms with Crippen molar-refractivity contribution >= 4 is 41.3 Å². The molecular weight excluding hydrogens is 457 g/mol. The highest BCUT2D eigenvalue weighted by molar-refractivity contribution is 14.0. The number of nitrogens with one attached hydrogen (secondary N) is 2. The van der Waals surface area contributed by atoms with E-state index in [9.17, 15) is 0 Å². The summed E-state index contributed by atoms with van der Waals surface area (Å²) >= 11 is 1.87. The molecule has 0 aromatic carbocycles. The lowest BCUT2D eigenvalue weighted by molar-refractivity contribution is 0.125. The molecule has 3 heterocycles. The number of aliphatic imine (C=N–C) groups is 1. The molecule has 0 saturated carbocycles. The molecule has 3 rings (SSSR count). The van der Waals surface area contributed by atoms with Crippen molar-refractivity contribution in [1.29, 1.82) is 0 Å². The molecule has 2 unspecified atom stereocenters. The van der Waals surface area contributed by atoms with E-state index in [0.29, 0.717) is 12.0 Å². The lowest BCUT2D eigenvalue weighted by Crippen LogP contribution is -2.44. The third-order valence-corrected chi connectivity index (χ3v) is 5.89. The Morgan fingerprint density at radius 2 is 2.15 bits per heavy atom. The van der Waals surface area contributed by atoms with Crippen molar-refractivity contribution in [2.45, 2.75) is 25.4 Å². The summed E-state index contributed by atoms with van der Waals surface area (Å²) in [5.41, 5.74) is 1.26. The lowest BCUT2D eigenvalue weighted by Gasteiger charge is -2.39. The zero-order chi connectivity index (χ0) is 17.6. The maximum atomic E-state index is 4.38. The number of thiophene rings is 1. The van der Waals surface area contributed by atoms with Crippen LogP contribution < -0.4 is 10.6 Å². The van der Waals surface area contributed by atoms with Gasteiger partial charge < -0.3 is 15.2 Å². The van der Waals surface area contributed by atoms with Crippen LogP contribution in [-0.2, 0) is 13.6 Å². The molecular formula is C19H30IN5S. The molecule has 0 aliphatic carbocycles. The number of nitrogens with zero attached hydrogens (tertiary/aromatic N) is 3. The maximum Gasteiger partial charge on any atom is 0.191 e. The zero-order valence-corrected chi connectivity index (χ0v) is 19.0. The second-order valence-corrected chi connectivity index (χ2v) is 7.81. The monoisotopic (exact) mass is 487 g/mol. The van der Waals surface area contributed by atoms with Gasteiger partial charge in [-0.3, -0.25) is 9.89 Å². The Morgan fingerprint density at radius 1 is 1.31 bits per heavy atom. The molecule has 144 valence electrons. The van der Waals surface area contributed by atoms with Crippen LogP contribution in [-0.4, -0.2) is 42.6 Å². The van der Waals surface area contributed by atoms with Crippen LogP contribution in [0.15, 0.2) is 41.0 Å². The van der Waals surface area contributed by atoms with Gasteiger partial charge in [-0.05, 0) is 55.4 Å². The summed E-state index contributed by atoms with van der Waals surface area (Å²) in [6.45, 7) is 2.92. The molecule has 26 heavy (non-hydrogen) atoms. The number of piperidine rings is 1. The van der Waals surface area contributed by atoms with E-state index in [-0.39, 0.29) is 24.0 Å². The first kappa shape index (κ1) is 21.2. The Labute approximate surface area is 177 Å². The Morgan fingerprint density at radius 3 is 2.81 bits per heavy atom. The molecule has 2 aromatic rings. The smallest absolute Gasteiger partial charge is 0.191 e. The fourth-order valence-electron chi connectivity index (χ4n) is 3.68. The van der Waals surface area contributed by atoms with Crippen LogP contribution in [0.3, 0.4) is 0 Å². The molecule has 2 aromatic heterocycles. The van der Waals surface area contributed by atoms with Gasteiger partial charge in [0.05, 0.1) is 0 Å². The standard InChI is InChI=1S/C19H29N5S.HI/c1-20-19(21-12-15-8-10-23(2)14-15)22-13-16-6-4-9-24(3)18(16)17-7-5-11-25-17;/h5,7-8,10-11,14,16,18H,4,6,9,12-13H2,1-3H3,(H2,20,21,22);1H. The van der Waals surface area contributed by atoms with Gasteiger partial charge in [-0.2, -0.15) is 0 Å². The maximum absolute atomic E-state index is 4.38. The molecule has 5 nitrogen and oxygen atoms in total. The minimum absolute atomic E-state index is 0. The highest BCUT2D eigenvalue weighted by atomic mass is 127. The van der Waals surface area contributed by atoms with E-state index in [4.69, 9.17) is 0 Å². The van der Waals surface area contributed by atoms with Gasteiger partial charge in [0, 0.05) is 50.5 Å². The number of guanidine groups is 1. The van der Waals surface area contributed by atoms with E-state index in [1.807, 2.05) is 25.4 Å². The third-order valence-electron chi connectivity index (χ3n) is 4.95. The largest absolute Gasteiger partial charge is 0.357 e. The topological polar surface area (TPSA) is 44.6 Å². The van der Waals surface area contributed by atoms with Crippen molar-refractivity contribution in [3.63, 3.8) is 0 Å². The Bertz CT molecular complexity index is 682. The molecule has 0 radical (unpaired) electrons. The normalized spacial score (nSPS) is 21.3. The average Bonchev–Trinajstić information content (AvgIpc) is 3.27. The van der Waals surface area contributed by atoms with Crippen LogP contribution >= 0.6 is 35.3 Å². The Balaban J connectivity index is 0.00000243. The van der Waals surface area contributed by atoms with E-state index in [1.54, 1.807) is 0 Å². The summed E-state index contributed by atoms with van der Waals surface area (Å²) in [5, 5.41) is 9.14. The molecule has 0 spiro atoms. The predicted octanol–water partition coefficient (Wildman–Crippen LogP) is 3.45. The van der Waals surface area contributed by atoms with Crippen LogP contribution in [0.25, 0.3) is 0 Å². The lowest BCUT2D eigenvalue weighted by atomic mass is 9.88. The quantitative estimate of drug-likeness (QED) is 0.386. The van der Waals surface area contributed by atoms with E-state index >= 15 is 0 Å². The van der Waals surface area contributed by atoms with E-state index in [2.05, 4.69) is 68.1 Å². The summed E-state index contributed by atoms with van der Waals surface area (Å²) in [7, 11) is 6.13. The summed E-state index contributed by atoms with van der Waals surface area (Å²) in [6, 6.07) is 7.07. The number of likely N-dealkylation sites (tertiary alicyclic amines) is 1. The van der Waals surface area contributed by atoms with Crippen molar-refractivity contribution in [3.05, 3.63) is 46.4 Å². The van der Waals surface area contributed by atoms with Crippen LogP contribution in [0.2, 0.25) is 0 Å². The number of aryl methyl sites for hydroxylation is 1. The van der Waals surface area contributed by atoms with Crippen molar-refractivity contribution in [2.24, 2.45) is 18.0 Å². The first-order chi connectivity index (χ1) is 12.2. The second-order valence-electron chi connectivity index (χ2n) is 6.84. The van der Waals surface area contributed by atoms with Gasteiger partial charge in [-0.25, -0.2) is 0 Å². The second kappa shape index (κ2) is 10.3. The Hall–Kier alpha value is -1.06. The van der Waals surface area contributed by atoms with E-state index in [0.717, 1.165) is 19.0 Å². The third kappa shape index (κ3) is 5.47. The number of rotatable bonds is 5. The Kier molecular flexibility index (Phi) is 8.43. The van der Waals surface area contributed by atoms with Gasteiger partial charge in [0.2, 0.25) is 0 Å². The van der Waals surface area contributed by atoms with Crippen LogP contribution in [0, 0.1) is 5.92 Å². The van der Waals surface area contributed by atoms with Crippen molar-refractivity contribution in [3.8, 4) is 0 Å².